The molecule has 5 rings (SSSR count). The maximum Gasteiger partial charge on any atom is 0.416 e. The van der Waals surface area contributed by atoms with E-state index in [1.54, 1.807) is 23.5 Å². The van der Waals surface area contributed by atoms with Gasteiger partial charge in [0, 0.05) is 32.7 Å². The number of hydrazine groups is 1. The van der Waals surface area contributed by atoms with Crippen LogP contribution in [0, 0.1) is 20.8 Å². The van der Waals surface area contributed by atoms with Crippen LogP contribution in [-0.2, 0) is 30.3 Å². The Balaban J connectivity index is 1.34. The number of halogens is 6. The molecule has 0 aliphatic rings. The quantitative estimate of drug-likeness (QED) is 0.0470. The highest BCUT2D eigenvalue weighted by Crippen LogP contribution is 2.38. The number of hydrogen-bond acceptors (Lipinski definition) is 6. The summed E-state index contributed by atoms with van der Waals surface area (Å²) in [6.45, 7) is 6.33. The second-order valence-electron chi connectivity index (χ2n) is 12.0. The Kier molecular flexibility index (Phi) is 11.2. The summed E-state index contributed by atoms with van der Waals surface area (Å²) in [6.07, 6.45) is -9.51. The van der Waals surface area contributed by atoms with Crippen molar-refractivity contribution in [3.05, 3.63) is 141 Å². The fraction of sp³-hybridized carbons (Fsp3) is 0.211. The van der Waals surface area contributed by atoms with E-state index in [2.05, 4.69) is 37.7 Å². The SMILES string of the molecule is Cc1cc(C)c(CSc2ccccc2NNc2cc(Cc3cc(N)cc(C(F)(F)F)c3)cc(C(F)(F)F)c2)c(C)c1CSc1ccccc1N. The highest BCUT2D eigenvalue weighted by Gasteiger charge is 2.32. The number of nitrogens with two attached hydrogens (primary N) is 2. The monoisotopic (exact) mass is 726 g/mol. The van der Waals surface area contributed by atoms with Crippen LogP contribution in [0.25, 0.3) is 0 Å². The van der Waals surface area contributed by atoms with Crippen LogP contribution < -0.4 is 22.3 Å². The van der Waals surface area contributed by atoms with Gasteiger partial charge in [0.1, 0.15) is 0 Å². The summed E-state index contributed by atoms with van der Waals surface area (Å²) < 4.78 is 81.8. The Morgan fingerprint density at radius 3 is 1.76 bits per heavy atom. The maximum atomic E-state index is 13.9. The number of anilines is 4. The van der Waals surface area contributed by atoms with E-state index in [1.165, 1.54) is 39.9 Å². The largest absolute Gasteiger partial charge is 0.416 e. The molecule has 0 aliphatic heterocycles. The molecule has 262 valence electrons. The molecule has 0 aromatic heterocycles. The van der Waals surface area contributed by atoms with Gasteiger partial charge in [0.15, 0.2) is 0 Å². The van der Waals surface area contributed by atoms with Crippen molar-refractivity contribution in [2.24, 2.45) is 0 Å². The molecule has 0 heterocycles. The third kappa shape index (κ3) is 9.22. The lowest BCUT2D eigenvalue weighted by Crippen LogP contribution is -2.12. The standard InChI is InChI=1S/C38H36F6N4S2/c1-22-12-23(2)32(24(3)31(22)20-49-35-10-6-4-8-33(35)46)21-50-36-11-7-5-9-34(36)48-47-30-17-26(15-28(19-30)38(42,43)44)13-25-14-27(37(39,40)41)18-29(45)16-25/h4-12,14-19,47-48H,13,20-21,45-46H2,1-3H3. The van der Waals surface area contributed by atoms with Crippen LogP contribution in [0.3, 0.4) is 0 Å². The molecule has 6 N–H and O–H groups in total. The van der Waals surface area contributed by atoms with Crippen molar-refractivity contribution >= 4 is 46.3 Å². The number of alkyl halides is 6. The molecule has 12 heteroatoms. The molecular weight excluding hydrogens is 691 g/mol. The highest BCUT2D eigenvalue weighted by atomic mass is 32.2. The van der Waals surface area contributed by atoms with Crippen LogP contribution in [0.5, 0.6) is 0 Å². The molecule has 0 atom stereocenters. The molecule has 4 nitrogen and oxygen atoms in total. The normalized spacial score (nSPS) is 11.9. The van der Waals surface area contributed by atoms with Crippen LogP contribution in [0.4, 0.5) is 49.1 Å². The third-order valence-corrected chi connectivity index (χ3v) is 10.5. The average Bonchev–Trinajstić information content (AvgIpc) is 3.03. The molecule has 0 spiro atoms. The summed E-state index contributed by atoms with van der Waals surface area (Å²) >= 11 is 3.30. The Labute approximate surface area is 296 Å². The lowest BCUT2D eigenvalue weighted by Gasteiger charge is -2.19. The number of nitrogen functional groups attached to an aromatic ring is 2. The van der Waals surface area contributed by atoms with Crippen molar-refractivity contribution in [1.29, 1.82) is 0 Å². The summed E-state index contributed by atoms with van der Waals surface area (Å²) in [5.74, 6) is 1.43. The molecule has 0 radical (unpaired) electrons. The molecule has 0 fully saturated rings. The van der Waals surface area contributed by atoms with Crippen molar-refractivity contribution in [1.82, 2.24) is 0 Å². The van der Waals surface area contributed by atoms with Crippen molar-refractivity contribution in [2.75, 3.05) is 22.3 Å². The van der Waals surface area contributed by atoms with Gasteiger partial charge in [0.05, 0.1) is 22.5 Å². The highest BCUT2D eigenvalue weighted by molar-refractivity contribution is 7.99. The molecule has 5 aromatic carbocycles. The Bertz CT molecular complexity index is 1990. The van der Waals surface area contributed by atoms with Gasteiger partial charge in [-0.25, -0.2) is 0 Å². The first-order chi connectivity index (χ1) is 23.6. The third-order valence-electron chi connectivity index (χ3n) is 8.25. The van der Waals surface area contributed by atoms with Crippen molar-refractivity contribution < 1.29 is 26.3 Å². The zero-order valence-electron chi connectivity index (χ0n) is 27.5. The molecule has 50 heavy (non-hydrogen) atoms. The van der Waals surface area contributed by atoms with Gasteiger partial charge in [-0.2, -0.15) is 26.3 Å². The maximum absolute atomic E-state index is 13.9. The number of nitrogens with one attached hydrogen (secondary N) is 2. The predicted octanol–water partition coefficient (Wildman–Crippen LogP) is 11.4. The topological polar surface area (TPSA) is 76.1 Å². The van der Waals surface area contributed by atoms with E-state index in [0.717, 1.165) is 45.5 Å². The summed E-state index contributed by atoms with van der Waals surface area (Å²) in [6, 6.07) is 23.8. The number of benzene rings is 5. The molecule has 0 amide bonds. The van der Waals surface area contributed by atoms with E-state index in [1.807, 2.05) is 48.5 Å². The van der Waals surface area contributed by atoms with Gasteiger partial charge in [-0.15, -0.1) is 23.5 Å². The van der Waals surface area contributed by atoms with Gasteiger partial charge in [-0.05, 0) is 127 Å². The molecule has 0 aliphatic carbocycles. The summed E-state index contributed by atoms with van der Waals surface area (Å²) in [5.41, 5.74) is 23.6. The zero-order chi connectivity index (χ0) is 36.2. The van der Waals surface area contributed by atoms with E-state index in [9.17, 15) is 26.3 Å². The summed E-state index contributed by atoms with van der Waals surface area (Å²) in [4.78, 5) is 1.91. The van der Waals surface area contributed by atoms with Crippen LogP contribution in [0.1, 0.15) is 50.1 Å². The Hall–Kier alpha value is -4.42. The van der Waals surface area contributed by atoms with Crippen molar-refractivity contribution in [3.8, 4) is 0 Å². The lowest BCUT2D eigenvalue weighted by molar-refractivity contribution is -0.138. The Morgan fingerprint density at radius 2 is 1.14 bits per heavy atom. The van der Waals surface area contributed by atoms with E-state index in [4.69, 9.17) is 11.5 Å². The van der Waals surface area contributed by atoms with Gasteiger partial charge in [-0.1, -0.05) is 30.3 Å². The molecule has 0 saturated carbocycles. The molecule has 0 bridgehead atoms. The van der Waals surface area contributed by atoms with Gasteiger partial charge in [0.2, 0.25) is 0 Å². The Morgan fingerprint density at radius 1 is 0.600 bits per heavy atom. The fourth-order valence-corrected chi connectivity index (χ4v) is 8.06. The van der Waals surface area contributed by atoms with Crippen LogP contribution in [0.15, 0.2) is 101 Å². The molecule has 0 saturated heterocycles. The van der Waals surface area contributed by atoms with Crippen molar-refractivity contribution in [2.45, 2.75) is 60.8 Å². The number of aryl methyl sites for hydroxylation is 2. The molecule has 5 aromatic rings. The van der Waals surface area contributed by atoms with Gasteiger partial charge >= 0.3 is 12.4 Å². The summed E-state index contributed by atoms with van der Waals surface area (Å²) in [5, 5.41) is 0. The van der Waals surface area contributed by atoms with Crippen LogP contribution >= 0.6 is 23.5 Å². The van der Waals surface area contributed by atoms with Gasteiger partial charge < -0.3 is 16.9 Å². The second kappa shape index (κ2) is 15.2. The van der Waals surface area contributed by atoms with Crippen LogP contribution in [-0.4, -0.2) is 0 Å². The van der Waals surface area contributed by atoms with Gasteiger partial charge in [0.25, 0.3) is 0 Å². The van der Waals surface area contributed by atoms with E-state index >= 15 is 0 Å². The minimum atomic E-state index is -4.68. The zero-order valence-corrected chi connectivity index (χ0v) is 29.2. The number of rotatable bonds is 11. The van der Waals surface area contributed by atoms with Crippen LogP contribution in [0.2, 0.25) is 0 Å². The number of hydrogen-bond donors (Lipinski definition) is 4. The second-order valence-corrected chi connectivity index (χ2v) is 14.0. The minimum absolute atomic E-state index is 0.0981. The smallest absolute Gasteiger partial charge is 0.399 e. The first kappa shape index (κ1) is 36.9. The number of para-hydroxylation sites is 2. The number of thioether (sulfide) groups is 2. The van der Waals surface area contributed by atoms with Crippen molar-refractivity contribution in [3.63, 3.8) is 0 Å². The summed E-state index contributed by atoms with van der Waals surface area (Å²) in [7, 11) is 0. The van der Waals surface area contributed by atoms with Gasteiger partial charge in [-0.3, -0.25) is 5.43 Å². The van der Waals surface area contributed by atoms with E-state index in [0.29, 0.717) is 11.4 Å². The molecule has 0 unspecified atom stereocenters. The first-order valence-electron chi connectivity index (χ1n) is 15.6. The minimum Gasteiger partial charge on any atom is -0.399 e. The lowest BCUT2D eigenvalue weighted by atomic mass is 9.95. The van der Waals surface area contributed by atoms with E-state index in [-0.39, 0.29) is 28.9 Å². The fourth-order valence-electron chi connectivity index (χ4n) is 5.71. The molecular formula is C38H36F6N4S2. The average molecular weight is 727 g/mol. The first-order valence-corrected chi connectivity index (χ1v) is 17.5. The predicted molar refractivity (Wildman–Crippen MR) is 194 cm³/mol. The van der Waals surface area contributed by atoms with E-state index < -0.39 is 23.5 Å².